The summed E-state index contributed by atoms with van der Waals surface area (Å²) in [5, 5.41) is 10.4. The monoisotopic (exact) mass is 405 g/mol. The zero-order valence-corrected chi connectivity index (χ0v) is 17.9. The van der Waals surface area contributed by atoms with Crippen molar-refractivity contribution in [2.24, 2.45) is 5.92 Å². The van der Waals surface area contributed by atoms with Crippen molar-refractivity contribution in [2.75, 3.05) is 10.6 Å². The fourth-order valence-corrected chi connectivity index (χ4v) is 2.67. The van der Waals surface area contributed by atoms with Gasteiger partial charge in [0.15, 0.2) is 5.82 Å². The highest BCUT2D eigenvalue weighted by Gasteiger charge is 2.22. The zero-order chi connectivity index (χ0) is 21.9. The Morgan fingerprint density at radius 1 is 1.00 bits per heavy atom. The Hall–Kier alpha value is -3.48. The van der Waals surface area contributed by atoms with Crippen molar-refractivity contribution in [1.82, 2.24) is 14.8 Å². The normalized spacial score (nSPS) is 11.4. The highest BCUT2D eigenvalue weighted by molar-refractivity contribution is 6.04. The minimum Gasteiger partial charge on any atom is -0.326 e. The number of pyridine rings is 1. The molecule has 7 heteroatoms. The molecule has 30 heavy (non-hydrogen) atoms. The molecule has 0 bridgehead atoms. The quantitative estimate of drug-likeness (QED) is 0.658. The molecule has 1 aromatic carbocycles. The largest absolute Gasteiger partial charge is 0.326 e. The van der Waals surface area contributed by atoms with Crippen LogP contribution >= 0.6 is 0 Å². The van der Waals surface area contributed by atoms with Gasteiger partial charge in [-0.15, -0.1) is 0 Å². The van der Waals surface area contributed by atoms with Gasteiger partial charge in [-0.1, -0.05) is 40.7 Å². The number of amides is 2. The molecule has 0 saturated heterocycles. The molecule has 0 aliphatic rings. The zero-order valence-electron chi connectivity index (χ0n) is 17.9. The summed E-state index contributed by atoms with van der Waals surface area (Å²) in [6, 6.07) is 14.2. The van der Waals surface area contributed by atoms with Crippen molar-refractivity contribution < 1.29 is 9.59 Å². The SMILES string of the molecule is CC(C)C(=O)Nc1ccc(C(=O)Nc2cc(C(C)(C)C)nn2-c2ccccn2)cc1. The van der Waals surface area contributed by atoms with Crippen LogP contribution in [-0.2, 0) is 10.2 Å². The molecule has 0 unspecified atom stereocenters. The Bertz CT molecular complexity index is 1030. The minimum atomic E-state index is -0.269. The van der Waals surface area contributed by atoms with E-state index in [9.17, 15) is 9.59 Å². The van der Waals surface area contributed by atoms with Crippen molar-refractivity contribution >= 4 is 23.3 Å². The molecule has 0 spiro atoms. The molecule has 3 aromatic rings. The van der Waals surface area contributed by atoms with Gasteiger partial charge < -0.3 is 10.6 Å². The Balaban J connectivity index is 1.84. The summed E-state index contributed by atoms with van der Waals surface area (Å²) in [6.07, 6.45) is 1.68. The third kappa shape index (κ3) is 4.92. The summed E-state index contributed by atoms with van der Waals surface area (Å²) < 4.78 is 1.63. The van der Waals surface area contributed by atoms with Gasteiger partial charge in [-0.2, -0.15) is 9.78 Å². The maximum atomic E-state index is 12.8. The standard InChI is InChI=1S/C23H27N5O2/c1-15(2)21(29)25-17-11-9-16(10-12-17)22(30)26-20-14-18(23(3,4)5)27-28(20)19-8-6-7-13-24-19/h6-15H,1-5H3,(H,25,29)(H,26,30). The average molecular weight is 406 g/mol. The number of hydrogen-bond acceptors (Lipinski definition) is 4. The highest BCUT2D eigenvalue weighted by Crippen LogP contribution is 2.26. The number of rotatable bonds is 5. The summed E-state index contributed by atoms with van der Waals surface area (Å²) in [5.74, 6) is 0.711. The van der Waals surface area contributed by atoms with Gasteiger partial charge >= 0.3 is 0 Å². The maximum Gasteiger partial charge on any atom is 0.256 e. The predicted octanol–water partition coefficient (Wildman–Crippen LogP) is 4.41. The van der Waals surface area contributed by atoms with E-state index in [1.807, 2.05) is 38.1 Å². The van der Waals surface area contributed by atoms with Crippen LogP contribution in [0.25, 0.3) is 5.82 Å². The summed E-state index contributed by atoms with van der Waals surface area (Å²) in [6.45, 7) is 9.84. The van der Waals surface area contributed by atoms with E-state index >= 15 is 0 Å². The molecular formula is C23H27N5O2. The number of nitrogens with zero attached hydrogens (tertiary/aromatic N) is 3. The molecule has 3 rings (SSSR count). The van der Waals surface area contributed by atoms with E-state index in [0.29, 0.717) is 22.9 Å². The molecule has 2 aromatic heterocycles. The van der Waals surface area contributed by atoms with E-state index in [0.717, 1.165) is 5.69 Å². The number of aromatic nitrogens is 3. The van der Waals surface area contributed by atoms with Crippen LogP contribution in [-0.4, -0.2) is 26.6 Å². The summed E-state index contributed by atoms with van der Waals surface area (Å²) in [5.41, 5.74) is 1.79. The van der Waals surface area contributed by atoms with Crippen molar-refractivity contribution in [3.8, 4) is 5.82 Å². The van der Waals surface area contributed by atoms with Crippen molar-refractivity contribution in [2.45, 2.75) is 40.0 Å². The molecule has 0 aliphatic carbocycles. The maximum absolute atomic E-state index is 12.8. The molecule has 0 saturated carbocycles. The van der Waals surface area contributed by atoms with Crippen LogP contribution in [0.4, 0.5) is 11.5 Å². The second-order valence-corrected chi connectivity index (χ2v) is 8.44. The molecule has 2 amide bonds. The van der Waals surface area contributed by atoms with Gasteiger partial charge in [-0.3, -0.25) is 9.59 Å². The van der Waals surface area contributed by atoms with Crippen LogP contribution < -0.4 is 10.6 Å². The van der Waals surface area contributed by atoms with Gasteiger partial charge in [-0.05, 0) is 36.4 Å². The van der Waals surface area contributed by atoms with Crippen LogP contribution in [0, 0.1) is 5.92 Å². The van der Waals surface area contributed by atoms with Crippen molar-refractivity contribution in [3.63, 3.8) is 0 Å². The molecule has 0 fully saturated rings. The Kier molecular flexibility index (Phi) is 6.01. The molecule has 156 valence electrons. The predicted molar refractivity (Wildman–Crippen MR) is 118 cm³/mol. The van der Waals surface area contributed by atoms with Gasteiger partial charge in [0.05, 0.1) is 5.69 Å². The van der Waals surface area contributed by atoms with Gasteiger partial charge in [-0.25, -0.2) is 4.98 Å². The molecule has 7 nitrogen and oxygen atoms in total. The van der Waals surface area contributed by atoms with E-state index in [2.05, 4.69) is 41.5 Å². The van der Waals surface area contributed by atoms with Crippen LogP contribution in [0.5, 0.6) is 0 Å². The van der Waals surface area contributed by atoms with E-state index < -0.39 is 0 Å². The molecule has 2 N–H and O–H groups in total. The average Bonchev–Trinajstić information content (AvgIpc) is 3.13. The Morgan fingerprint density at radius 3 is 2.27 bits per heavy atom. The third-order valence-corrected chi connectivity index (χ3v) is 4.52. The fourth-order valence-electron chi connectivity index (χ4n) is 2.67. The second-order valence-electron chi connectivity index (χ2n) is 8.44. The number of anilines is 2. The second kappa shape index (κ2) is 8.49. The van der Waals surface area contributed by atoms with Crippen LogP contribution in [0.1, 0.15) is 50.7 Å². The number of nitrogens with one attached hydrogen (secondary N) is 2. The smallest absolute Gasteiger partial charge is 0.256 e. The highest BCUT2D eigenvalue weighted by atomic mass is 16.2. The molecule has 0 atom stereocenters. The molecule has 0 radical (unpaired) electrons. The summed E-state index contributed by atoms with van der Waals surface area (Å²) in [7, 11) is 0. The molecule has 0 aliphatic heterocycles. The lowest BCUT2D eigenvalue weighted by Crippen LogP contribution is -2.18. The van der Waals surface area contributed by atoms with Crippen LogP contribution in [0.3, 0.4) is 0 Å². The van der Waals surface area contributed by atoms with E-state index in [1.54, 1.807) is 35.1 Å². The first-order valence-electron chi connectivity index (χ1n) is 9.89. The number of hydrogen-bond donors (Lipinski definition) is 2. The lowest BCUT2D eigenvalue weighted by Gasteiger charge is -2.13. The topological polar surface area (TPSA) is 88.9 Å². The van der Waals surface area contributed by atoms with Crippen LogP contribution in [0.2, 0.25) is 0 Å². The van der Waals surface area contributed by atoms with Gasteiger partial charge in [0, 0.05) is 34.8 Å². The van der Waals surface area contributed by atoms with Gasteiger partial charge in [0.1, 0.15) is 5.82 Å². The van der Waals surface area contributed by atoms with E-state index in [-0.39, 0.29) is 23.1 Å². The molecule has 2 heterocycles. The van der Waals surface area contributed by atoms with E-state index in [4.69, 9.17) is 0 Å². The first-order chi connectivity index (χ1) is 14.1. The first-order valence-corrected chi connectivity index (χ1v) is 9.89. The first kappa shape index (κ1) is 21.2. The van der Waals surface area contributed by atoms with Gasteiger partial charge in [0.2, 0.25) is 5.91 Å². The van der Waals surface area contributed by atoms with E-state index in [1.165, 1.54) is 0 Å². The van der Waals surface area contributed by atoms with Gasteiger partial charge in [0.25, 0.3) is 5.91 Å². The fraction of sp³-hybridized carbons (Fsp3) is 0.304. The Labute approximate surface area is 176 Å². The number of carbonyl (C=O) groups is 2. The number of carbonyl (C=O) groups excluding carboxylic acids is 2. The van der Waals surface area contributed by atoms with Crippen molar-refractivity contribution in [1.29, 1.82) is 0 Å². The number of benzene rings is 1. The molecular weight excluding hydrogens is 378 g/mol. The minimum absolute atomic E-state index is 0.0684. The third-order valence-electron chi connectivity index (χ3n) is 4.52. The van der Waals surface area contributed by atoms with Crippen LogP contribution in [0.15, 0.2) is 54.7 Å². The lowest BCUT2D eigenvalue weighted by molar-refractivity contribution is -0.118. The Morgan fingerprint density at radius 2 is 1.70 bits per heavy atom. The summed E-state index contributed by atoms with van der Waals surface area (Å²) >= 11 is 0. The summed E-state index contributed by atoms with van der Waals surface area (Å²) in [4.78, 5) is 29.0. The lowest BCUT2D eigenvalue weighted by atomic mass is 9.92. The van der Waals surface area contributed by atoms with Crippen molar-refractivity contribution in [3.05, 3.63) is 66.0 Å².